The molecule has 17 heavy (non-hydrogen) atoms. The Morgan fingerprint density at radius 1 is 1.65 bits per heavy atom. The van der Waals surface area contributed by atoms with Crippen molar-refractivity contribution in [3.8, 4) is 12.3 Å². The number of fused-ring (bicyclic) bond motifs is 1. The molecular weight excluding hydrogens is 218 g/mol. The molecule has 0 aliphatic carbocycles. The number of nitrogens with one attached hydrogen (secondary N) is 2. The van der Waals surface area contributed by atoms with E-state index in [4.69, 9.17) is 6.42 Å². The number of rotatable bonds is 4. The van der Waals surface area contributed by atoms with Gasteiger partial charge in [-0.25, -0.2) is 9.89 Å². The van der Waals surface area contributed by atoms with E-state index in [9.17, 15) is 4.79 Å². The fourth-order valence-corrected chi connectivity index (χ4v) is 1.53. The molecule has 2 rings (SSSR count). The van der Waals surface area contributed by atoms with Gasteiger partial charge in [0, 0.05) is 12.5 Å². The quantitative estimate of drug-likeness (QED) is 0.757. The molecule has 2 aromatic rings. The Morgan fingerprint density at radius 2 is 2.47 bits per heavy atom. The molecule has 0 aliphatic rings. The molecular formula is C11H13N5O. The van der Waals surface area contributed by atoms with Crippen molar-refractivity contribution in [2.24, 2.45) is 0 Å². The molecule has 0 aliphatic heterocycles. The molecule has 0 fully saturated rings. The number of aromatic nitrogens is 4. The molecule has 0 aromatic carbocycles. The fourth-order valence-electron chi connectivity index (χ4n) is 1.53. The number of anilines is 1. The van der Waals surface area contributed by atoms with Gasteiger partial charge in [0.05, 0.1) is 0 Å². The van der Waals surface area contributed by atoms with Gasteiger partial charge in [-0.2, -0.15) is 9.61 Å². The minimum Gasteiger partial charge on any atom is -0.365 e. The lowest BCUT2D eigenvalue weighted by atomic mass is 10.1. The third-order valence-corrected chi connectivity index (χ3v) is 2.48. The summed E-state index contributed by atoms with van der Waals surface area (Å²) in [6.07, 6.45) is 6.79. The number of terminal acetylenes is 1. The zero-order valence-electron chi connectivity index (χ0n) is 9.47. The van der Waals surface area contributed by atoms with Crippen LogP contribution in [-0.2, 0) is 0 Å². The predicted molar refractivity (Wildman–Crippen MR) is 64.8 cm³/mol. The van der Waals surface area contributed by atoms with Crippen molar-refractivity contribution in [1.82, 2.24) is 19.8 Å². The van der Waals surface area contributed by atoms with E-state index in [1.165, 1.54) is 4.52 Å². The summed E-state index contributed by atoms with van der Waals surface area (Å²) in [7, 11) is 0. The summed E-state index contributed by atoms with van der Waals surface area (Å²) < 4.78 is 1.21. The average molecular weight is 231 g/mol. The molecule has 88 valence electrons. The van der Waals surface area contributed by atoms with Crippen molar-refractivity contribution in [2.45, 2.75) is 25.8 Å². The topological polar surface area (TPSA) is 75.1 Å². The third-order valence-electron chi connectivity index (χ3n) is 2.48. The molecule has 6 heteroatoms. The Balaban J connectivity index is 2.27. The largest absolute Gasteiger partial charge is 0.365 e. The van der Waals surface area contributed by atoms with Gasteiger partial charge in [-0.1, -0.05) is 6.92 Å². The van der Waals surface area contributed by atoms with Gasteiger partial charge in [-0.3, -0.25) is 0 Å². The summed E-state index contributed by atoms with van der Waals surface area (Å²) in [5.74, 6) is 3.22. The van der Waals surface area contributed by atoms with Crippen LogP contribution in [0.1, 0.15) is 19.8 Å². The van der Waals surface area contributed by atoms with Crippen molar-refractivity contribution in [2.75, 3.05) is 5.32 Å². The van der Waals surface area contributed by atoms with Crippen molar-refractivity contribution >= 4 is 11.5 Å². The summed E-state index contributed by atoms with van der Waals surface area (Å²) in [4.78, 5) is 11.3. The van der Waals surface area contributed by atoms with E-state index in [2.05, 4.69) is 26.5 Å². The number of hydrogen-bond donors (Lipinski definition) is 2. The zero-order chi connectivity index (χ0) is 12.3. The molecule has 2 heterocycles. The molecule has 0 radical (unpaired) electrons. The maximum absolute atomic E-state index is 11.3. The molecule has 1 unspecified atom stereocenters. The number of aromatic amines is 1. The molecule has 1 atom stereocenters. The lowest BCUT2D eigenvalue weighted by molar-refractivity contribution is 0.705. The molecule has 0 amide bonds. The van der Waals surface area contributed by atoms with E-state index in [1.54, 1.807) is 12.1 Å². The van der Waals surface area contributed by atoms with Crippen LogP contribution < -0.4 is 11.0 Å². The summed E-state index contributed by atoms with van der Waals surface area (Å²) >= 11 is 0. The zero-order valence-corrected chi connectivity index (χ0v) is 9.47. The van der Waals surface area contributed by atoms with E-state index in [1.807, 2.05) is 6.92 Å². The van der Waals surface area contributed by atoms with Crippen molar-refractivity contribution in [3.05, 3.63) is 22.6 Å². The SMILES string of the molecule is C#CCC(CC)Nc1ccc2n[nH]c(=O)n2n1. The van der Waals surface area contributed by atoms with Crippen LogP contribution in [0.25, 0.3) is 5.65 Å². The van der Waals surface area contributed by atoms with Crippen molar-refractivity contribution in [1.29, 1.82) is 0 Å². The van der Waals surface area contributed by atoms with E-state index < -0.39 is 0 Å². The predicted octanol–water partition coefficient (Wildman–Crippen LogP) is 0.631. The molecule has 2 N–H and O–H groups in total. The van der Waals surface area contributed by atoms with Crippen LogP contribution in [0.5, 0.6) is 0 Å². The second-order valence-corrected chi connectivity index (χ2v) is 3.68. The lowest BCUT2D eigenvalue weighted by Gasteiger charge is -2.14. The minimum atomic E-state index is -0.353. The first-order valence-corrected chi connectivity index (χ1v) is 5.39. The summed E-state index contributed by atoms with van der Waals surface area (Å²) in [5.41, 5.74) is 0.138. The molecule has 0 saturated carbocycles. The highest BCUT2D eigenvalue weighted by atomic mass is 16.2. The van der Waals surface area contributed by atoms with Crippen LogP contribution in [0.3, 0.4) is 0 Å². The normalized spacial score (nSPS) is 12.2. The lowest BCUT2D eigenvalue weighted by Crippen LogP contribution is -2.20. The Labute approximate surface area is 98.0 Å². The van der Waals surface area contributed by atoms with Gasteiger partial charge in [0.25, 0.3) is 0 Å². The maximum Gasteiger partial charge on any atom is 0.364 e. The minimum absolute atomic E-state index is 0.160. The van der Waals surface area contributed by atoms with Gasteiger partial charge in [0.1, 0.15) is 5.82 Å². The van der Waals surface area contributed by atoms with Crippen LogP contribution >= 0.6 is 0 Å². The van der Waals surface area contributed by atoms with E-state index in [-0.39, 0.29) is 11.7 Å². The summed E-state index contributed by atoms with van der Waals surface area (Å²) in [5, 5.41) is 13.4. The monoisotopic (exact) mass is 231 g/mol. The first-order chi connectivity index (χ1) is 8.24. The first kappa shape index (κ1) is 11.2. The van der Waals surface area contributed by atoms with Gasteiger partial charge >= 0.3 is 5.69 Å². The molecule has 0 bridgehead atoms. The standard InChI is InChI=1S/C11H13N5O/c1-3-5-8(4-2)12-9-6-7-10-13-14-11(17)16(10)15-9/h1,6-8H,4-5H2,2H3,(H,12,15)(H,14,17). The molecule has 6 nitrogen and oxygen atoms in total. The number of nitrogens with zero attached hydrogens (tertiary/aromatic N) is 3. The van der Waals surface area contributed by atoms with Crippen molar-refractivity contribution < 1.29 is 0 Å². The molecule has 0 spiro atoms. The van der Waals surface area contributed by atoms with Gasteiger partial charge in [0.15, 0.2) is 5.65 Å². The molecule has 0 saturated heterocycles. The van der Waals surface area contributed by atoms with Gasteiger partial charge in [-0.15, -0.1) is 17.4 Å². The second-order valence-electron chi connectivity index (χ2n) is 3.68. The van der Waals surface area contributed by atoms with E-state index in [0.29, 0.717) is 17.9 Å². The Hall–Kier alpha value is -2.29. The first-order valence-electron chi connectivity index (χ1n) is 5.39. The Kier molecular flexibility index (Phi) is 3.10. The Bertz CT molecular complexity index is 606. The third kappa shape index (κ3) is 2.28. The van der Waals surface area contributed by atoms with Gasteiger partial charge < -0.3 is 5.32 Å². The van der Waals surface area contributed by atoms with Crippen LogP contribution in [0.4, 0.5) is 5.82 Å². The van der Waals surface area contributed by atoms with Gasteiger partial charge in [-0.05, 0) is 18.6 Å². The van der Waals surface area contributed by atoms with E-state index in [0.717, 1.165) is 6.42 Å². The number of H-pyrrole nitrogens is 1. The van der Waals surface area contributed by atoms with Crippen LogP contribution in [0, 0.1) is 12.3 Å². The van der Waals surface area contributed by atoms with Gasteiger partial charge in [0.2, 0.25) is 0 Å². The van der Waals surface area contributed by atoms with Crippen LogP contribution in [0.2, 0.25) is 0 Å². The van der Waals surface area contributed by atoms with Crippen LogP contribution in [0.15, 0.2) is 16.9 Å². The highest BCUT2D eigenvalue weighted by Gasteiger charge is 2.07. The van der Waals surface area contributed by atoms with E-state index >= 15 is 0 Å². The van der Waals surface area contributed by atoms with Crippen molar-refractivity contribution in [3.63, 3.8) is 0 Å². The number of hydrogen-bond acceptors (Lipinski definition) is 4. The Morgan fingerprint density at radius 3 is 3.18 bits per heavy atom. The fraction of sp³-hybridized carbons (Fsp3) is 0.364. The summed E-state index contributed by atoms with van der Waals surface area (Å²) in [6.45, 7) is 2.04. The van der Waals surface area contributed by atoms with Crippen LogP contribution in [-0.4, -0.2) is 25.9 Å². The second kappa shape index (κ2) is 4.70. The molecule has 2 aromatic heterocycles. The average Bonchev–Trinajstić information content (AvgIpc) is 2.70. The summed E-state index contributed by atoms with van der Waals surface area (Å²) in [6, 6.07) is 3.65. The highest BCUT2D eigenvalue weighted by molar-refractivity contribution is 5.43. The smallest absolute Gasteiger partial charge is 0.364 e. The highest BCUT2D eigenvalue weighted by Crippen LogP contribution is 2.08. The maximum atomic E-state index is 11.3.